The number of fused-ring (bicyclic) bond motifs is 3. The van der Waals surface area contributed by atoms with Gasteiger partial charge in [-0.3, -0.25) is 9.59 Å². The molecule has 2 saturated heterocycles. The first-order valence-corrected chi connectivity index (χ1v) is 8.47. The average Bonchev–Trinajstić information content (AvgIpc) is 3.17. The molecule has 2 heterocycles. The van der Waals surface area contributed by atoms with Crippen molar-refractivity contribution in [2.75, 3.05) is 5.32 Å². The standard InChI is InChI=1S/C19H21N3O2/c1-11(23)20-16-4-2-3-12-9-13(5-7-15(12)16)19(24)22-18-10-14-6-8-17(18)21-14/h2-5,7,9,14,17-18,21H,6,8,10H2,1H3,(H,20,23)(H,22,24)/t14-,17+,18-/m1/s1. The van der Waals surface area contributed by atoms with Crippen LogP contribution in [0.25, 0.3) is 10.8 Å². The SMILES string of the molecule is CC(=O)Nc1cccc2cc(C(=O)N[C@@H]3C[C@H]4CC[C@@H]3N4)ccc12. The van der Waals surface area contributed by atoms with Gasteiger partial charge in [-0.15, -0.1) is 0 Å². The van der Waals surface area contributed by atoms with Crippen LogP contribution in [-0.4, -0.2) is 29.9 Å². The van der Waals surface area contributed by atoms with Crippen LogP contribution in [-0.2, 0) is 4.79 Å². The van der Waals surface area contributed by atoms with Crippen molar-refractivity contribution >= 4 is 28.3 Å². The lowest BCUT2D eigenvalue weighted by Crippen LogP contribution is -2.42. The molecular formula is C19H21N3O2. The van der Waals surface area contributed by atoms with E-state index in [0.29, 0.717) is 17.6 Å². The second-order valence-electron chi connectivity index (χ2n) is 6.79. The summed E-state index contributed by atoms with van der Waals surface area (Å²) in [7, 11) is 0. The molecule has 2 aromatic rings. The molecule has 0 unspecified atom stereocenters. The highest BCUT2D eigenvalue weighted by Crippen LogP contribution is 2.29. The van der Waals surface area contributed by atoms with E-state index >= 15 is 0 Å². The van der Waals surface area contributed by atoms with Crippen molar-refractivity contribution in [2.45, 2.75) is 44.3 Å². The summed E-state index contributed by atoms with van der Waals surface area (Å²) >= 11 is 0. The molecule has 2 aliphatic rings. The maximum atomic E-state index is 12.6. The topological polar surface area (TPSA) is 70.2 Å². The van der Waals surface area contributed by atoms with Gasteiger partial charge in [0.15, 0.2) is 0 Å². The van der Waals surface area contributed by atoms with E-state index in [-0.39, 0.29) is 17.9 Å². The third-order valence-electron chi connectivity index (χ3n) is 5.07. The summed E-state index contributed by atoms with van der Waals surface area (Å²) in [5, 5.41) is 11.4. The molecule has 2 amide bonds. The minimum atomic E-state index is -0.104. The zero-order valence-corrected chi connectivity index (χ0v) is 13.6. The molecule has 5 heteroatoms. The Morgan fingerprint density at radius 3 is 2.75 bits per heavy atom. The summed E-state index contributed by atoms with van der Waals surface area (Å²) in [4.78, 5) is 23.9. The predicted octanol–water partition coefficient (Wildman–Crippen LogP) is 2.42. The molecule has 3 atom stereocenters. The van der Waals surface area contributed by atoms with Gasteiger partial charge in [-0.05, 0) is 42.8 Å². The van der Waals surface area contributed by atoms with E-state index < -0.39 is 0 Å². The van der Waals surface area contributed by atoms with Crippen LogP contribution < -0.4 is 16.0 Å². The van der Waals surface area contributed by atoms with Gasteiger partial charge in [0.25, 0.3) is 5.91 Å². The molecule has 5 nitrogen and oxygen atoms in total. The number of hydrogen-bond acceptors (Lipinski definition) is 3. The molecule has 0 spiro atoms. The molecular weight excluding hydrogens is 302 g/mol. The Hall–Kier alpha value is -2.40. The highest BCUT2D eigenvalue weighted by Gasteiger charge is 2.39. The maximum Gasteiger partial charge on any atom is 0.251 e. The van der Waals surface area contributed by atoms with Crippen molar-refractivity contribution in [1.29, 1.82) is 0 Å². The summed E-state index contributed by atoms with van der Waals surface area (Å²) < 4.78 is 0. The fourth-order valence-electron chi connectivity index (χ4n) is 3.96. The van der Waals surface area contributed by atoms with Gasteiger partial charge in [-0.1, -0.05) is 18.2 Å². The van der Waals surface area contributed by atoms with Crippen LogP contribution in [0.3, 0.4) is 0 Å². The first-order valence-electron chi connectivity index (χ1n) is 8.47. The average molecular weight is 323 g/mol. The van der Waals surface area contributed by atoms with Gasteiger partial charge in [0.2, 0.25) is 5.91 Å². The molecule has 3 N–H and O–H groups in total. The lowest BCUT2D eigenvalue weighted by molar-refractivity contribution is -0.114. The number of rotatable bonds is 3. The van der Waals surface area contributed by atoms with E-state index in [1.54, 1.807) is 0 Å². The first-order chi connectivity index (χ1) is 11.6. The maximum absolute atomic E-state index is 12.6. The summed E-state index contributed by atoms with van der Waals surface area (Å²) in [6, 6.07) is 12.5. The van der Waals surface area contributed by atoms with Crippen LogP contribution in [0, 0.1) is 0 Å². The molecule has 0 aliphatic carbocycles. The van der Waals surface area contributed by atoms with Gasteiger partial charge < -0.3 is 16.0 Å². The monoisotopic (exact) mass is 323 g/mol. The van der Waals surface area contributed by atoms with Crippen molar-refractivity contribution in [2.24, 2.45) is 0 Å². The largest absolute Gasteiger partial charge is 0.348 e. The number of carbonyl (C=O) groups is 2. The Morgan fingerprint density at radius 2 is 2.04 bits per heavy atom. The van der Waals surface area contributed by atoms with E-state index in [1.807, 2.05) is 36.4 Å². The summed E-state index contributed by atoms with van der Waals surface area (Å²) in [6.07, 6.45) is 3.39. The van der Waals surface area contributed by atoms with Crippen LogP contribution in [0.1, 0.15) is 36.5 Å². The van der Waals surface area contributed by atoms with Crippen LogP contribution in [0.5, 0.6) is 0 Å². The second-order valence-corrected chi connectivity index (χ2v) is 6.79. The van der Waals surface area contributed by atoms with Gasteiger partial charge in [0, 0.05) is 41.7 Å². The van der Waals surface area contributed by atoms with E-state index in [9.17, 15) is 9.59 Å². The Kier molecular flexibility index (Phi) is 3.73. The van der Waals surface area contributed by atoms with Gasteiger partial charge in [0.1, 0.15) is 0 Å². The molecule has 4 rings (SSSR count). The summed E-state index contributed by atoms with van der Waals surface area (Å²) in [5.41, 5.74) is 1.43. The zero-order valence-electron chi connectivity index (χ0n) is 13.6. The molecule has 0 aromatic heterocycles. The number of benzene rings is 2. The number of anilines is 1. The molecule has 24 heavy (non-hydrogen) atoms. The van der Waals surface area contributed by atoms with E-state index in [4.69, 9.17) is 0 Å². The van der Waals surface area contributed by atoms with E-state index in [0.717, 1.165) is 29.3 Å². The first kappa shape index (κ1) is 15.1. The van der Waals surface area contributed by atoms with Crippen molar-refractivity contribution in [3.63, 3.8) is 0 Å². The molecule has 124 valence electrons. The Balaban J connectivity index is 1.56. The Bertz CT molecular complexity index is 817. The van der Waals surface area contributed by atoms with E-state index in [1.165, 1.54) is 13.3 Å². The minimum absolute atomic E-state index is 0.0267. The summed E-state index contributed by atoms with van der Waals surface area (Å²) in [5.74, 6) is -0.130. The molecule has 2 aromatic carbocycles. The van der Waals surface area contributed by atoms with Gasteiger partial charge >= 0.3 is 0 Å². The highest BCUT2D eigenvalue weighted by molar-refractivity contribution is 6.04. The fourth-order valence-corrected chi connectivity index (χ4v) is 3.96. The second kappa shape index (κ2) is 5.91. The quantitative estimate of drug-likeness (QED) is 0.812. The third-order valence-corrected chi connectivity index (χ3v) is 5.07. The van der Waals surface area contributed by atoms with Crippen molar-refractivity contribution in [1.82, 2.24) is 10.6 Å². The molecule has 2 aliphatic heterocycles. The van der Waals surface area contributed by atoms with Gasteiger partial charge in [0.05, 0.1) is 0 Å². The highest BCUT2D eigenvalue weighted by atomic mass is 16.2. The molecule has 0 saturated carbocycles. The van der Waals surface area contributed by atoms with Gasteiger partial charge in [-0.2, -0.15) is 0 Å². The fraction of sp³-hybridized carbons (Fsp3) is 0.368. The summed E-state index contributed by atoms with van der Waals surface area (Å²) in [6.45, 7) is 1.49. The third kappa shape index (κ3) is 2.76. The van der Waals surface area contributed by atoms with Crippen LogP contribution in [0.15, 0.2) is 36.4 Å². The zero-order chi connectivity index (χ0) is 16.7. The van der Waals surface area contributed by atoms with Gasteiger partial charge in [-0.25, -0.2) is 0 Å². The lowest BCUT2D eigenvalue weighted by atomic mass is 9.95. The van der Waals surface area contributed by atoms with Crippen LogP contribution in [0.2, 0.25) is 0 Å². The Morgan fingerprint density at radius 1 is 1.17 bits per heavy atom. The number of hydrogen-bond donors (Lipinski definition) is 3. The van der Waals surface area contributed by atoms with Crippen LogP contribution >= 0.6 is 0 Å². The van der Waals surface area contributed by atoms with Crippen molar-refractivity contribution in [3.8, 4) is 0 Å². The van der Waals surface area contributed by atoms with Crippen molar-refractivity contribution in [3.05, 3.63) is 42.0 Å². The molecule has 2 bridgehead atoms. The molecule has 0 radical (unpaired) electrons. The number of carbonyl (C=O) groups excluding carboxylic acids is 2. The lowest BCUT2D eigenvalue weighted by Gasteiger charge is -2.21. The smallest absolute Gasteiger partial charge is 0.251 e. The Labute approximate surface area is 140 Å². The predicted molar refractivity (Wildman–Crippen MR) is 94.1 cm³/mol. The normalized spacial score (nSPS) is 25.0. The van der Waals surface area contributed by atoms with Crippen molar-refractivity contribution < 1.29 is 9.59 Å². The molecule has 2 fully saturated rings. The number of amides is 2. The van der Waals surface area contributed by atoms with E-state index in [2.05, 4.69) is 16.0 Å². The number of nitrogens with one attached hydrogen (secondary N) is 3. The van der Waals surface area contributed by atoms with Crippen LogP contribution in [0.4, 0.5) is 5.69 Å². The minimum Gasteiger partial charge on any atom is -0.348 e.